The van der Waals surface area contributed by atoms with Crippen molar-refractivity contribution >= 4 is 48.8 Å². The van der Waals surface area contributed by atoms with E-state index in [0.29, 0.717) is 0 Å². The maximum absolute atomic E-state index is 12.4. The van der Waals surface area contributed by atoms with Crippen LogP contribution < -0.4 is 5.32 Å². The lowest BCUT2D eigenvalue weighted by Crippen LogP contribution is -2.43. The van der Waals surface area contributed by atoms with Gasteiger partial charge in [-0.25, -0.2) is 8.42 Å². The van der Waals surface area contributed by atoms with Crippen LogP contribution in [0.15, 0.2) is 17.0 Å². The number of benzene rings is 1. The van der Waals surface area contributed by atoms with Gasteiger partial charge in [-0.2, -0.15) is 0 Å². The molecule has 1 N–H and O–H groups in total. The Morgan fingerprint density at radius 3 is 2.33 bits per heavy atom. The summed E-state index contributed by atoms with van der Waals surface area (Å²) in [6.45, 7) is 1.95. The van der Waals surface area contributed by atoms with Crippen molar-refractivity contribution in [3.63, 3.8) is 0 Å². The Labute approximate surface area is 138 Å². The third-order valence-corrected chi connectivity index (χ3v) is 5.85. The zero-order valence-electron chi connectivity index (χ0n) is 11.3. The summed E-state index contributed by atoms with van der Waals surface area (Å²) >= 11 is 12.0. The van der Waals surface area contributed by atoms with E-state index in [-0.39, 0.29) is 26.0 Å². The minimum Gasteiger partial charge on any atom is -0.347 e. The summed E-state index contributed by atoms with van der Waals surface area (Å²) in [4.78, 5) is 12.1. The highest BCUT2D eigenvalue weighted by Crippen LogP contribution is 2.34. The predicted molar refractivity (Wildman–Crippen MR) is 83.8 cm³/mol. The summed E-state index contributed by atoms with van der Waals surface area (Å²) in [5, 5.41) is 2.72. The van der Waals surface area contributed by atoms with Crippen LogP contribution in [-0.2, 0) is 9.05 Å². The monoisotopic (exact) mass is 369 g/mol. The maximum atomic E-state index is 12.4. The number of nitrogens with one attached hydrogen (secondary N) is 1. The molecular formula is C13H14Cl3NO3S. The second-order valence-corrected chi connectivity index (χ2v) is 8.71. The number of amides is 1. The lowest BCUT2D eigenvalue weighted by molar-refractivity contribution is 0.0908. The average molecular weight is 371 g/mol. The fraction of sp³-hybridized carbons (Fsp3) is 0.462. The second kappa shape index (κ2) is 5.95. The molecule has 116 valence electrons. The molecule has 21 heavy (non-hydrogen) atoms. The summed E-state index contributed by atoms with van der Waals surface area (Å²) in [7, 11) is 1.26. The van der Waals surface area contributed by atoms with Crippen molar-refractivity contribution in [1.82, 2.24) is 5.32 Å². The van der Waals surface area contributed by atoms with Gasteiger partial charge in [-0.3, -0.25) is 4.79 Å². The predicted octanol–water partition coefficient (Wildman–Crippen LogP) is 3.98. The lowest BCUT2D eigenvalue weighted by Gasteiger charge is -2.26. The topological polar surface area (TPSA) is 63.2 Å². The minimum atomic E-state index is -4.05. The van der Waals surface area contributed by atoms with Crippen molar-refractivity contribution < 1.29 is 13.2 Å². The maximum Gasteiger partial charge on any atom is 0.262 e. The van der Waals surface area contributed by atoms with Crippen LogP contribution in [0.25, 0.3) is 0 Å². The van der Waals surface area contributed by atoms with E-state index < -0.39 is 15.0 Å². The van der Waals surface area contributed by atoms with Crippen molar-refractivity contribution in [2.45, 2.75) is 43.0 Å². The standard InChI is InChI=1S/C13H14Cl3NO3S/c1-13(6-2-3-7-13)17-12(18)10-8(14)4-5-9(11(10)15)21(16,19)20/h4-5H,2-3,6-7H2,1H3,(H,17,18). The number of halogens is 3. The van der Waals surface area contributed by atoms with E-state index in [9.17, 15) is 13.2 Å². The molecule has 4 nitrogen and oxygen atoms in total. The number of rotatable bonds is 3. The molecule has 2 rings (SSSR count). The Bertz CT molecular complexity index is 682. The van der Waals surface area contributed by atoms with Gasteiger partial charge in [-0.05, 0) is 31.9 Å². The third kappa shape index (κ3) is 3.65. The van der Waals surface area contributed by atoms with Gasteiger partial charge >= 0.3 is 0 Å². The van der Waals surface area contributed by atoms with Crippen molar-refractivity contribution in [3.8, 4) is 0 Å². The number of hydrogen-bond acceptors (Lipinski definition) is 3. The minimum absolute atomic E-state index is 0.0619. The van der Waals surface area contributed by atoms with Gasteiger partial charge in [0, 0.05) is 16.2 Å². The van der Waals surface area contributed by atoms with Crippen molar-refractivity contribution in [2.75, 3.05) is 0 Å². The highest BCUT2D eigenvalue weighted by molar-refractivity contribution is 8.13. The normalized spacial score (nSPS) is 17.7. The second-order valence-electron chi connectivity index (χ2n) is 5.39. The van der Waals surface area contributed by atoms with Crippen molar-refractivity contribution in [2.24, 2.45) is 0 Å². The number of carbonyl (C=O) groups is 1. The molecule has 1 aromatic rings. The molecule has 0 bridgehead atoms. The Kier molecular flexibility index (Phi) is 4.78. The van der Waals surface area contributed by atoms with Gasteiger partial charge in [0.05, 0.1) is 15.6 Å². The van der Waals surface area contributed by atoms with Crippen LogP contribution in [0.2, 0.25) is 10.0 Å². The molecule has 1 fully saturated rings. The molecule has 8 heteroatoms. The molecule has 1 amide bonds. The van der Waals surface area contributed by atoms with E-state index >= 15 is 0 Å². The third-order valence-electron chi connectivity index (χ3n) is 3.67. The first-order valence-corrected chi connectivity index (χ1v) is 9.46. The molecule has 0 aromatic heterocycles. The molecule has 1 saturated carbocycles. The van der Waals surface area contributed by atoms with E-state index in [1.54, 1.807) is 0 Å². The molecule has 0 radical (unpaired) electrons. The summed E-state index contributed by atoms with van der Waals surface area (Å²) in [5.41, 5.74) is -0.382. The molecular weight excluding hydrogens is 357 g/mol. The molecule has 0 heterocycles. The van der Waals surface area contributed by atoms with Crippen LogP contribution in [0, 0.1) is 0 Å². The van der Waals surface area contributed by atoms with Crippen LogP contribution in [0.3, 0.4) is 0 Å². The summed E-state index contributed by atoms with van der Waals surface area (Å²) in [6, 6.07) is 2.48. The molecule has 0 spiro atoms. The fourth-order valence-electron chi connectivity index (χ4n) is 2.55. The number of carbonyl (C=O) groups excluding carboxylic acids is 1. The highest BCUT2D eigenvalue weighted by Gasteiger charge is 2.32. The largest absolute Gasteiger partial charge is 0.347 e. The van der Waals surface area contributed by atoms with Gasteiger partial charge in [0.2, 0.25) is 0 Å². The lowest BCUT2D eigenvalue weighted by atomic mass is 10.00. The highest BCUT2D eigenvalue weighted by atomic mass is 35.7. The van der Waals surface area contributed by atoms with E-state index in [2.05, 4.69) is 5.32 Å². The van der Waals surface area contributed by atoms with Crippen molar-refractivity contribution in [1.29, 1.82) is 0 Å². The van der Waals surface area contributed by atoms with Crippen LogP contribution in [0.5, 0.6) is 0 Å². The van der Waals surface area contributed by atoms with Crippen LogP contribution in [0.4, 0.5) is 0 Å². The molecule has 0 unspecified atom stereocenters. The molecule has 0 aliphatic heterocycles. The van der Waals surface area contributed by atoms with Crippen LogP contribution in [0.1, 0.15) is 43.0 Å². The summed E-state index contributed by atoms with van der Waals surface area (Å²) in [5.74, 6) is -0.489. The SMILES string of the molecule is CC1(NC(=O)c2c(Cl)ccc(S(=O)(=O)Cl)c2Cl)CCCC1. The van der Waals surface area contributed by atoms with Crippen LogP contribution in [-0.4, -0.2) is 19.9 Å². The molecule has 1 aliphatic carbocycles. The van der Waals surface area contributed by atoms with Gasteiger partial charge in [0.25, 0.3) is 15.0 Å². The Hall–Kier alpha value is -0.490. The molecule has 0 atom stereocenters. The smallest absolute Gasteiger partial charge is 0.262 e. The molecule has 0 saturated heterocycles. The van der Waals surface area contributed by atoms with Gasteiger partial charge in [0.15, 0.2) is 0 Å². The zero-order valence-corrected chi connectivity index (χ0v) is 14.3. The van der Waals surface area contributed by atoms with Crippen molar-refractivity contribution in [3.05, 3.63) is 27.7 Å². The quantitative estimate of drug-likeness (QED) is 0.818. The first-order chi connectivity index (χ1) is 9.64. The Balaban J connectivity index is 2.41. The molecule has 1 aliphatic rings. The Morgan fingerprint density at radius 1 is 1.24 bits per heavy atom. The van der Waals surface area contributed by atoms with E-state index in [0.717, 1.165) is 25.7 Å². The van der Waals surface area contributed by atoms with Gasteiger partial charge in [0.1, 0.15) is 4.90 Å². The average Bonchev–Trinajstić information content (AvgIpc) is 2.73. The first kappa shape index (κ1) is 16.9. The summed E-state index contributed by atoms with van der Waals surface area (Å²) < 4.78 is 22.9. The van der Waals surface area contributed by atoms with E-state index in [1.807, 2.05) is 6.92 Å². The zero-order chi connectivity index (χ0) is 15.8. The first-order valence-electron chi connectivity index (χ1n) is 6.39. The molecule has 1 aromatic carbocycles. The van der Waals surface area contributed by atoms with E-state index in [1.165, 1.54) is 12.1 Å². The van der Waals surface area contributed by atoms with Gasteiger partial charge in [-0.1, -0.05) is 36.0 Å². The Morgan fingerprint density at radius 2 is 1.81 bits per heavy atom. The van der Waals surface area contributed by atoms with E-state index in [4.69, 9.17) is 33.9 Å². The van der Waals surface area contributed by atoms with Gasteiger partial charge < -0.3 is 5.32 Å². The van der Waals surface area contributed by atoms with Gasteiger partial charge in [-0.15, -0.1) is 0 Å². The van der Waals surface area contributed by atoms with Crippen LogP contribution >= 0.6 is 33.9 Å². The summed E-state index contributed by atoms with van der Waals surface area (Å²) in [6.07, 6.45) is 3.80. The number of hydrogen-bond donors (Lipinski definition) is 1. The fourth-order valence-corrected chi connectivity index (χ4v) is 4.44.